The number of phenolic OH excluding ortho intramolecular Hbond substituents is 2. The number of phenols is 2. The third kappa shape index (κ3) is 3.77. The molecule has 0 aliphatic carbocycles. The number of nitrogens with one attached hydrogen (secondary N) is 2. The summed E-state index contributed by atoms with van der Waals surface area (Å²) in [5.74, 6) is -0.894. The second-order valence-electron chi connectivity index (χ2n) is 8.70. The molecule has 2 amide bonds. The number of H-pyrrole nitrogens is 1. The zero-order valence-electron chi connectivity index (χ0n) is 22.5. The van der Waals surface area contributed by atoms with Crippen molar-refractivity contribution in [2.45, 2.75) is 47.1 Å². The van der Waals surface area contributed by atoms with E-state index in [-0.39, 0.29) is 29.2 Å². The van der Waals surface area contributed by atoms with E-state index in [4.69, 9.17) is 0 Å². The number of amides is 2. The van der Waals surface area contributed by atoms with Crippen molar-refractivity contribution in [1.29, 1.82) is 0 Å². The van der Waals surface area contributed by atoms with E-state index in [9.17, 15) is 24.9 Å². The number of carbonyl (C=O) groups is 2. The first-order chi connectivity index (χ1) is 18.3. The summed E-state index contributed by atoms with van der Waals surface area (Å²) in [5.41, 5.74) is 6.17. The van der Waals surface area contributed by atoms with Crippen LogP contribution in [0.3, 0.4) is 0 Å². The van der Waals surface area contributed by atoms with Gasteiger partial charge in [-0.3, -0.25) is 9.59 Å². The number of benzene rings is 3. The molecule has 38 heavy (non-hydrogen) atoms. The van der Waals surface area contributed by atoms with Gasteiger partial charge in [0.2, 0.25) is 0 Å². The van der Waals surface area contributed by atoms with E-state index in [1.54, 1.807) is 36.4 Å². The van der Waals surface area contributed by atoms with Crippen LogP contribution in [0, 0.1) is 0 Å². The number of aromatic nitrogens is 2. The maximum Gasteiger partial charge on any atom is 0.276 e. The predicted octanol–water partition coefficient (Wildman–Crippen LogP) is 5.30. The fourth-order valence-electron chi connectivity index (χ4n) is 5.16. The first-order valence-corrected chi connectivity index (χ1v) is 13.0. The maximum absolute atomic E-state index is 13.7. The number of imide groups is 1. The molecule has 1 aliphatic heterocycles. The van der Waals surface area contributed by atoms with Crippen molar-refractivity contribution in [3.05, 3.63) is 47.5 Å². The van der Waals surface area contributed by atoms with Crippen molar-refractivity contribution in [1.82, 2.24) is 20.0 Å². The Balaban J connectivity index is 0.000000804. The van der Waals surface area contributed by atoms with Crippen LogP contribution >= 0.6 is 0 Å². The van der Waals surface area contributed by atoms with Crippen molar-refractivity contribution >= 4 is 55.4 Å². The molecule has 0 fully saturated rings. The van der Waals surface area contributed by atoms with Gasteiger partial charge in [-0.15, -0.1) is 0 Å². The Kier molecular flexibility index (Phi) is 7.35. The Hall–Kier alpha value is -4.08. The molecule has 5 N–H and O–H groups in total. The molecule has 3 aromatic carbocycles. The van der Waals surface area contributed by atoms with Gasteiger partial charge in [-0.05, 0) is 36.8 Å². The molecule has 9 heteroatoms. The van der Waals surface area contributed by atoms with Gasteiger partial charge in [-0.25, -0.2) is 10.4 Å². The lowest BCUT2D eigenvalue weighted by molar-refractivity contribution is 0.0502. The van der Waals surface area contributed by atoms with Crippen LogP contribution < -0.4 is 5.43 Å². The number of aromatic amines is 1. The standard InChI is InChI=1S/C25H22N4O5.2C2H6/c1-3-11(10-30)27-29-24(33)20-18-14-6-4-13(32)9-16(14)26-22(18)23-19(21(20)25(29)34)15-8-12(31)5-7-17(15)28(23)2;2*1-2/h4-9,11,26-27,30-32H,3,10H2,1-2H3;2*1-2H3. The summed E-state index contributed by atoms with van der Waals surface area (Å²) in [6.07, 6.45) is 0.517. The number of hydrogen-bond acceptors (Lipinski definition) is 6. The number of carbonyl (C=O) groups excluding carboxylic acids is 2. The largest absolute Gasteiger partial charge is 0.508 e. The highest BCUT2D eigenvalue weighted by atomic mass is 16.3. The Morgan fingerprint density at radius 2 is 1.50 bits per heavy atom. The number of hydrazine groups is 1. The van der Waals surface area contributed by atoms with Gasteiger partial charge in [0.15, 0.2) is 0 Å². The van der Waals surface area contributed by atoms with E-state index >= 15 is 0 Å². The van der Waals surface area contributed by atoms with E-state index in [0.717, 1.165) is 10.5 Å². The minimum absolute atomic E-state index is 0.0495. The zero-order valence-corrected chi connectivity index (χ0v) is 22.5. The molecule has 9 nitrogen and oxygen atoms in total. The third-order valence-electron chi connectivity index (χ3n) is 6.81. The SMILES string of the molecule is CC.CC.CCC(CO)NN1C(=O)c2c(c3c4cc(O)ccc4n(C)c3c3[nH]c4cc(O)ccc4c23)C1=O. The number of nitrogens with zero attached hydrogens (tertiary/aromatic N) is 2. The van der Waals surface area contributed by atoms with Crippen molar-refractivity contribution in [2.24, 2.45) is 7.05 Å². The summed E-state index contributed by atoms with van der Waals surface area (Å²) in [7, 11) is 1.87. The topological polar surface area (TPSA) is 131 Å². The summed E-state index contributed by atoms with van der Waals surface area (Å²) in [4.78, 5) is 30.7. The molecular weight excluding hydrogens is 484 g/mol. The van der Waals surface area contributed by atoms with Gasteiger partial charge < -0.3 is 24.9 Å². The van der Waals surface area contributed by atoms with Gasteiger partial charge in [0.1, 0.15) is 11.5 Å². The molecule has 200 valence electrons. The molecular formula is C29H34N4O5. The molecule has 0 saturated heterocycles. The van der Waals surface area contributed by atoms with Crippen LogP contribution in [0.25, 0.3) is 43.6 Å². The van der Waals surface area contributed by atoms with Crippen molar-refractivity contribution in [2.75, 3.05) is 6.61 Å². The Morgan fingerprint density at radius 3 is 2.13 bits per heavy atom. The number of hydrogen-bond donors (Lipinski definition) is 5. The molecule has 1 unspecified atom stereocenters. The van der Waals surface area contributed by atoms with Crippen LogP contribution in [-0.2, 0) is 7.05 Å². The molecule has 1 aliphatic rings. The Labute approximate surface area is 220 Å². The molecule has 3 heterocycles. The van der Waals surface area contributed by atoms with Crippen LogP contribution in [-0.4, -0.2) is 54.3 Å². The number of aromatic hydroxyl groups is 2. The van der Waals surface area contributed by atoms with Crippen LogP contribution in [0.5, 0.6) is 11.5 Å². The van der Waals surface area contributed by atoms with Crippen LogP contribution in [0.15, 0.2) is 36.4 Å². The second-order valence-corrected chi connectivity index (χ2v) is 8.70. The smallest absolute Gasteiger partial charge is 0.276 e. The van der Waals surface area contributed by atoms with Gasteiger partial charge in [0.05, 0.1) is 34.3 Å². The van der Waals surface area contributed by atoms with E-state index in [0.29, 0.717) is 44.5 Å². The number of aliphatic hydroxyl groups excluding tert-OH is 1. The first-order valence-electron chi connectivity index (χ1n) is 13.0. The van der Waals surface area contributed by atoms with E-state index in [2.05, 4.69) is 10.4 Å². The normalized spacial score (nSPS) is 13.6. The number of fused-ring (bicyclic) bond motifs is 10. The highest BCUT2D eigenvalue weighted by molar-refractivity contribution is 6.39. The number of rotatable bonds is 4. The molecule has 0 spiro atoms. The molecule has 6 rings (SSSR count). The van der Waals surface area contributed by atoms with E-state index < -0.39 is 17.9 Å². The lowest BCUT2D eigenvalue weighted by atomic mass is 9.96. The summed E-state index contributed by atoms with van der Waals surface area (Å²) in [5, 5.41) is 33.4. The van der Waals surface area contributed by atoms with Crippen LogP contribution in [0.4, 0.5) is 0 Å². The fraction of sp³-hybridized carbons (Fsp3) is 0.310. The van der Waals surface area contributed by atoms with E-state index in [1.807, 2.05) is 46.2 Å². The minimum atomic E-state index is -0.511. The highest BCUT2D eigenvalue weighted by Gasteiger charge is 2.42. The fourth-order valence-corrected chi connectivity index (χ4v) is 5.16. The average Bonchev–Trinajstić information content (AvgIpc) is 3.52. The monoisotopic (exact) mass is 518 g/mol. The molecule has 5 aromatic rings. The van der Waals surface area contributed by atoms with Crippen LogP contribution in [0.1, 0.15) is 61.8 Å². The summed E-state index contributed by atoms with van der Waals surface area (Å²) >= 11 is 0. The lowest BCUT2D eigenvalue weighted by Gasteiger charge is -2.21. The Morgan fingerprint density at radius 1 is 0.895 bits per heavy atom. The van der Waals surface area contributed by atoms with Crippen molar-refractivity contribution < 1.29 is 24.9 Å². The van der Waals surface area contributed by atoms with E-state index in [1.165, 1.54) is 0 Å². The maximum atomic E-state index is 13.7. The molecule has 2 aromatic heterocycles. The number of aryl methyl sites for hydroxylation is 1. The third-order valence-corrected chi connectivity index (χ3v) is 6.81. The Bertz CT molecular complexity index is 1690. The zero-order chi connectivity index (χ0) is 27.9. The second kappa shape index (κ2) is 10.4. The summed E-state index contributed by atoms with van der Waals surface area (Å²) in [6, 6.07) is 9.32. The van der Waals surface area contributed by atoms with Crippen LogP contribution in [0.2, 0.25) is 0 Å². The molecule has 0 saturated carbocycles. The lowest BCUT2D eigenvalue weighted by Crippen LogP contribution is -2.49. The highest BCUT2D eigenvalue weighted by Crippen LogP contribution is 2.45. The first kappa shape index (κ1) is 27.0. The van der Waals surface area contributed by atoms with Crippen molar-refractivity contribution in [3.8, 4) is 11.5 Å². The predicted molar refractivity (Wildman–Crippen MR) is 151 cm³/mol. The minimum Gasteiger partial charge on any atom is -0.508 e. The summed E-state index contributed by atoms with van der Waals surface area (Å²) in [6.45, 7) is 9.62. The molecule has 0 radical (unpaired) electrons. The molecule has 0 bridgehead atoms. The molecule has 1 atom stereocenters. The van der Waals surface area contributed by atoms with Gasteiger partial charge in [-0.1, -0.05) is 34.6 Å². The summed E-state index contributed by atoms with van der Waals surface area (Å²) < 4.78 is 1.93. The number of aliphatic hydroxyl groups is 1. The van der Waals surface area contributed by atoms with Gasteiger partial charge in [-0.2, -0.15) is 0 Å². The average molecular weight is 519 g/mol. The van der Waals surface area contributed by atoms with Gasteiger partial charge in [0.25, 0.3) is 11.8 Å². The van der Waals surface area contributed by atoms with Crippen molar-refractivity contribution in [3.63, 3.8) is 0 Å². The quantitative estimate of drug-likeness (QED) is 0.205. The van der Waals surface area contributed by atoms with Gasteiger partial charge >= 0.3 is 0 Å². The van der Waals surface area contributed by atoms with Gasteiger partial charge in [0, 0.05) is 46.2 Å².